The van der Waals surface area contributed by atoms with Gasteiger partial charge in [-0.3, -0.25) is 14.5 Å². The summed E-state index contributed by atoms with van der Waals surface area (Å²) in [6.45, 7) is 6.14. The van der Waals surface area contributed by atoms with Gasteiger partial charge in [-0.05, 0) is 24.6 Å². The molecule has 2 saturated heterocycles. The number of hydrogen-bond donors (Lipinski definition) is 1. The SMILES string of the molecule is CCN1C[C@@H](C(=O)NC[C@@H](c2cccc(F)c2)N2CCOCC2)CC1=O. The summed E-state index contributed by atoms with van der Waals surface area (Å²) in [5, 5.41) is 2.98. The van der Waals surface area contributed by atoms with Crippen molar-refractivity contribution in [3.8, 4) is 0 Å². The van der Waals surface area contributed by atoms with Gasteiger partial charge in [0.05, 0.1) is 25.2 Å². The van der Waals surface area contributed by atoms with Crippen molar-refractivity contribution in [2.24, 2.45) is 5.92 Å². The van der Waals surface area contributed by atoms with E-state index in [4.69, 9.17) is 4.74 Å². The number of nitrogens with one attached hydrogen (secondary N) is 1. The van der Waals surface area contributed by atoms with Crippen LogP contribution in [0.5, 0.6) is 0 Å². The van der Waals surface area contributed by atoms with Crippen LogP contribution < -0.4 is 5.32 Å². The predicted octanol–water partition coefficient (Wildman–Crippen LogP) is 1.18. The molecule has 0 aromatic heterocycles. The van der Waals surface area contributed by atoms with Crippen LogP contribution in [0.4, 0.5) is 4.39 Å². The molecule has 142 valence electrons. The largest absolute Gasteiger partial charge is 0.379 e. The quantitative estimate of drug-likeness (QED) is 0.825. The zero-order valence-corrected chi connectivity index (χ0v) is 15.1. The van der Waals surface area contributed by atoms with Crippen molar-refractivity contribution in [1.29, 1.82) is 0 Å². The van der Waals surface area contributed by atoms with Crippen LogP contribution in [0.2, 0.25) is 0 Å². The maximum atomic E-state index is 13.7. The lowest BCUT2D eigenvalue weighted by Gasteiger charge is -2.35. The average Bonchev–Trinajstić information content (AvgIpc) is 3.04. The standard InChI is InChI=1S/C19H26FN3O3/c1-2-22-13-15(11-18(22)24)19(25)21-12-17(23-6-8-26-9-7-23)14-4-3-5-16(20)10-14/h3-5,10,15,17H,2,6-9,11-13H2,1H3,(H,21,25)/t15-,17-/m0/s1. The van der Waals surface area contributed by atoms with Gasteiger partial charge in [-0.2, -0.15) is 0 Å². The normalized spacial score (nSPS) is 22.5. The second kappa shape index (κ2) is 8.60. The van der Waals surface area contributed by atoms with E-state index < -0.39 is 0 Å². The number of halogens is 1. The first-order valence-corrected chi connectivity index (χ1v) is 9.21. The number of carbonyl (C=O) groups is 2. The lowest BCUT2D eigenvalue weighted by molar-refractivity contribution is -0.129. The van der Waals surface area contributed by atoms with E-state index in [2.05, 4.69) is 10.2 Å². The van der Waals surface area contributed by atoms with Crippen molar-refractivity contribution in [2.75, 3.05) is 45.9 Å². The minimum atomic E-state index is -0.305. The second-order valence-electron chi connectivity index (χ2n) is 6.80. The molecule has 2 aliphatic rings. The van der Waals surface area contributed by atoms with E-state index in [-0.39, 0.29) is 36.0 Å². The van der Waals surface area contributed by atoms with Crippen LogP contribution >= 0.6 is 0 Å². The van der Waals surface area contributed by atoms with Crippen molar-refractivity contribution < 1.29 is 18.7 Å². The van der Waals surface area contributed by atoms with Crippen molar-refractivity contribution in [2.45, 2.75) is 19.4 Å². The van der Waals surface area contributed by atoms with Crippen LogP contribution in [0, 0.1) is 11.7 Å². The van der Waals surface area contributed by atoms with Crippen LogP contribution in [0.15, 0.2) is 24.3 Å². The number of rotatable bonds is 6. The Morgan fingerprint density at radius 1 is 1.38 bits per heavy atom. The number of hydrogen-bond acceptors (Lipinski definition) is 4. The Bertz CT molecular complexity index is 649. The highest BCUT2D eigenvalue weighted by Crippen LogP contribution is 2.23. The first-order chi connectivity index (χ1) is 12.6. The third kappa shape index (κ3) is 4.40. The lowest BCUT2D eigenvalue weighted by atomic mass is 10.0. The van der Waals surface area contributed by atoms with Crippen molar-refractivity contribution in [3.05, 3.63) is 35.6 Å². The third-order valence-electron chi connectivity index (χ3n) is 5.16. The molecule has 2 aliphatic heterocycles. The molecule has 1 aromatic rings. The monoisotopic (exact) mass is 363 g/mol. The molecule has 0 aliphatic carbocycles. The van der Waals surface area contributed by atoms with Crippen molar-refractivity contribution in [1.82, 2.24) is 15.1 Å². The Morgan fingerprint density at radius 2 is 2.15 bits per heavy atom. The van der Waals surface area contributed by atoms with Gasteiger partial charge < -0.3 is 15.0 Å². The number of carbonyl (C=O) groups excluding carboxylic acids is 2. The Morgan fingerprint density at radius 3 is 2.81 bits per heavy atom. The van der Waals surface area contributed by atoms with E-state index in [1.807, 2.05) is 13.0 Å². The average molecular weight is 363 g/mol. The summed E-state index contributed by atoms with van der Waals surface area (Å²) < 4.78 is 19.1. The van der Waals surface area contributed by atoms with E-state index in [1.165, 1.54) is 12.1 Å². The lowest BCUT2D eigenvalue weighted by Crippen LogP contribution is -2.45. The van der Waals surface area contributed by atoms with E-state index in [1.54, 1.807) is 11.0 Å². The zero-order chi connectivity index (χ0) is 18.5. The van der Waals surface area contributed by atoms with Gasteiger partial charge in [0.2, 0.25) is 11.8 Å². The molecule has 2 atom stereocenters. The summed E-state index contributed by atoms with van der Waals surface area (Å²) >= 11 is 0. The zero-order valence-electron chi connectivity index (χ0n) is 15.1. The Hall–Kier alpha value is -1.99. The molecule has 0 unspecified atom stereocenters. The number of nitrogens with zero attached hydrogens (tertiary/aromatic N) is 2. The van der Waals surface area contributed by atoms with Gasteiger partial charge in [0.1, 0.15) is 5.82 Å². The Balaban J connectivity index is 1.66. The highest BCUT2D eigenvalue weighted by atomic mass is 19.1. The molecule has 26 heavy (non-hydrogen) atoms. The topological polar surface area (TPSA) is 61.9 Å². The van der Waals surface area contributed by atoms with Gasteiger partial charge in [-0.25, -0.2) is 4.39 Å². The van der Waals surface area contributed by atoms with E-state index >= 15 is 0 Å². The summed E-state index contributed by atoms with van der Waals surface area (Å²) in [6, 6.07) is 6.40. The van der Waals surface area contributed by atoms with Gasteiger partial charge in [-0.15, -0.1) is 0 Å². The summed E-state index contributed by atoms with van der Waals surface area (Å²) in [7, 11) is 0. The highest BCUT2D eigenvalue weighted by Gasteiger charge is 2.34. The maximum absolute atomic E-state index is 13.7. The van der Waals surface area contributed by atoms with Gasteiger partial charge in [0, 0.05) is 39.1 Å². The minimum Gasteiger partial charge on any atom is -0.379 e. The fourth-order valence-electron chi connectivity index (χ4n) is 3.66. The number of amides is 2. The van der Waals surface area contributed by atoms with Crippen LogP contribution in [-0.2, 0) is 14.3 Å². The smallest absolute Gasteiger partial charge is 0.225 e. The van der Waals surface area contributed by atoms with Crippen molar-refractivity contribution >= 4 is 11.8 Å². The van der Waals surface area contributed by atoms with E-state index in [0.29, 0.717) is 32.8 Å². The predicted molar refractivity (Wildman–Crippen MR) is 94.9 cm³/mol. The van der Waals surface area contributed by atoms with Crippen LogP contribution in [0.3, 0.4) is 0 Å². The van der Waals surface area contributed by atoms with Crippen LogP contribution in [-0.4, -0.2) is 67.6 Å². The maximum Gasteiger partial charge on any atom is 0.225 e. The molecular formula is C19H26FN3O3. The summed E-state index contributed by atoms with van der Waals surface area (Å²) in [4.78, 5) is 28.3. The van der Waals surface area contributed by atoms with Crippen LogP contribution in [0.25, 0.3) is 0 Å². The molecule has 7 heteroatoms. The fourth-order valence-corrected chi connectivity index (χ4v) is 3.66. The molecule has 0 saturated carbocycles. The van der Waals surface area contributed by atoms with Crippen LogP contribution in [0.1, 0.15) is 24.9 Å². The second-order valence-corrected chi connectivity index (χ2v) is 6.80. The molecule has 2 heterocycles. The molecule has 0 bridgehead atoms. The van der Waals surface area contributed by atoms with Crippen molar-refractivity contribution in [3.63, 3.8) is 0 Å². The molecule has 0 spiro atoms. The molecule has 2 fully saturated rings. The van der Waals surface area contributed by atoms with Gasteiger partial charge >= 0.3 is 0 Å². The molecule has 3 rings (SSSR count). The Labute approximate surface area is 153 Å². The number of ether oxygens (including phenoxy) is 1. The number of morpholine rings is 1. The molecule has 2 amide bonds. The molecule has 1 aromatic carbocycles. The van der Waals surface area contributed by atoms with E-state index in [0.717, 1.165) is 18.7 Å². The molecular weight excluding hydrogens is 337 g/mol. The Kier molecular flexibility index (Phi) is 6.21. The minimum absolute atomic E-state index is 0.0301. The summed E-state index contributed by atoms with van der Waals surface area (Å²) in [5.41, 5.74) is 0.838. The summed E-state index contributed by atoms with van der Waals surface area (Å²) in [6.07, 6.45) is 0.266. The molecule has 6 nitrogen and oxygen atoms in total. The first-order valence-electron chi connectivity index (χ1n) is 9.21. The fraction of sp³-hybridized carbons (Fsp3) is 0.579. The van der Waals surface area contributed by atoms with Gasteiger partial charge in [0.25, 0.3) is 0 Å². The summed E-state index contributed by atoms with van der Waals surface area (Å²) in [5.74, 6) is -0.668. The van der Waals surface area contributed by atoms with Gasteiger partial charge in [0.15, 0.2) is 0 Å². The molecule has 1 N–H and O–H groups in total. The number of likely N-dealkylation sites (tertiary alicyclic amines) is 1. The molecule has 0 radical (unpaired) electrons. The third-order valence-corrected chi connectivity index (χ3v) is 5.16. The first kappa shape index (κ1) is 18.8. The number of benzene rings is 1. The van der Waals surface area contributed by atoms with Gasteiger partial charge in [-0.1, -0.05) is 12.1 Å². The highest BCUT2D eigenvalue weighted by molar-refractivity contribution is 5.89. The van der Waals surface area contributed by atoms with E-state index in [9.17, 15) is 14.0 Å².